The van der Waals surface area contributed by atoms with Crippen LogP contribution in [0.25, 0.3) is 11.0 Å². The highest BCUT2D eigenvalue weighted by atomic mass is 32.1. The first-order valence-electron chi connectivity index (χ1n) is 8.93. The van der Waals surface area contributed by atoms with Gasteiger partial charge in [0.05, 0.1) is 12.7 Å². The standard InChI is InChI=1S/C20H21N3O4S2/c1-5-12-11(3)29-18(15(12)19(25)26-4)21-20(28)23-22-17(24)16-10(2)13-8-6-7-9-14(13)27-16/h6-9H,5H2,1-4H3,(H,22,24)(H2,21,23,28). The zero-order valence-electron chi connectivity index (χ0n) is 16.5. The Balaban J connectivity index is 1.71. The van der Waals surface area contributed by atoms with E-state index in [9.17, 15) is 9.59 Å². The lowest BCUT2D eigenvalue weighted by Gasteiger charge is -2.11. The number of carbonyl (C=O) groups excluding carboxylic acids is 2. The van der Waals surface area contributed by atoms with E-state index < -0.39 is 11.9 Å². The van der Waals surface area contributed by atoms with Crippen LogP contribution in [0.3, 0.4) is 0 Å². The SMILES string of the molecule is CCc1c(C)sc(NC(=S)NNC(=O)c2oc3ccccc3c2C)c1C(=O)OC. The van der Waals surface area contributed by atoms with Gasteiger partial charge in [0.25, 0.3) is 0 Å². The van der Waals surface area contributed by atoms with Crippen LogP contribution in [0.5, 0.6) is 0 Å². The molecule has 29 heavy (non-hydrogen) atoms. The van der Waals surface area contributed by atoms with Gasteiger partial charge < -0.3 is 14.5 Å². The highest BCUT2D eigenvalue weighted by Crippen LogP contribution is 2.34. The minimum Gasteiger partial charge on any atom is -0.465 e. The predicted molar refractivity (Wildman–Crippen MR) is 118 cm³/mol. The summed E-state index contributed by atoms with van der Waals surface area (Å²) in [6, 6.07) is 7.42. The van der Waals surface area contributed by atoms with Crippen molar-refractivity contribution in [1.29, 1.82) is 0 Å². The molecule has 0 bridgehead atoms. The maximum absolute atomic E-state index is 12.5. The Hall–Kier alpha value is -2.91. The van der Waals surface area contributed by atoms with Gasteiger partial charge in [-0.2, -0.15) is 0 Å². The van der Waals surface area contributed by atoms with Crippen molar-refractivity contribution in [3.8, 4) is 0 Å². The van der Waals surface area contributed by atoms with E-state index in [4.69, 9.17) is 21.4 Å². The number of furan rings is 1. The number of methoxy groups -OCH3 is 1. The number of thiophene rings is 1. The van der Waals surface area contributed by atoms with Crippen LogP contribution in [0, 0.1) is 13.8 Å². The number of hydrogen-bond acceptors (Lipinski definition) is 6. The lowest BCUT2D eigenvalue weighted by molar-refractivity contribution is 0.0601. The average molecular weight is 432 g/mol. The highest BCUT2D eigenvalue weighted by molar-refractivity contribution is 7.80. The fourth-order valence-corrected chi connectivity index (χ4v) is 4.46. The number of benzene rings is 1. The summed E-state index contributed by atoms with van der Waals surface area (Å²) in [6.45, 7) is 5.72. The van der Waals surface area contributed by atoms with Crippen molar-refractivity contribution < 1.29 is 18.7 Å². The quantitative estimate of drug-likeness (QED) is 0.325. The lowest BCUT2D eigenvalue weighted by Crippen LogP contribution is -2.43. The van der Waals surface area contributed by atoms with Gasteiger partial charge in [0.1, 0.15) is 10.6 Å². The number of esters is 1. The molecule has 0 radical (unpaired) electrons. The third-order valence-electron chi connectivity index (χ3n) is 4.52. The van der Waals surface area contributed by atoms with E-state index in [-0.39, 0.29) is 10.9 Å². The molecule has 7 nitrogen and oxygen atoms in total. The van der Waals surface area contributed by atoms with Gasteiger partial charge in [-0.25, -0.2) is 4.79 Å². The normalized spacial score (nSPS) is 10.6. The number of fused-ring (bicyclic) bond motifs is 1. The minimum absolute atomic E-state index is 0.140. The largest absolute Gasteiger partial charge is 0.465 e. The number of anilines is 1. The van der Waals surface area contributed by atoms with Crippen LogP contribution in [0.2, 0.25) is 0 Å². The summed E-state index contributed by atoms with van der Waals surface area (Å²) >= 11 is 6.66. The molecule has 1 amide bonds. The van der Waals surface area contributed by atoms with Crippen molar-refractivity contribution in [1.82, 2.24) is 10.9 Å². The highest BCUT2D eigenvalue weighted by Gasteiger charge is 2.23. The number of amides is 1. The fraction of sp³-hybridized carbons (Fsp3) is 0.250. The van der Waals surface area contributed by atoms with E-state index in [1.54, 1.807) is 6.07 Å². The van der Waals surface area contributed by atoms with Crippen molar-refractivity contribution in [2.45, 2.75) is 27.2 Å². The van der Waals surface area contributed by atoms with Gasteiger partial charge in [-0.1, -0.05) is 25.1 Å². The van der Waals surface area contributed by atoms with Gasteiger partial charge in [0.2, 0.25) is 0 Å². The van der Waals surface area contributed by atoms with E-state index in [0.717, 1.165) is 21.4 Å². The molecule has 3 rings (SSSR count). The van der Waals surface area contributed by atoms with Crippen LogP contribution >= 0.6 is 23.6 Å². The summed E-state index contributed by atoms with van der Waals surface area (Å²) in [5.41, 5.74) is 7.92. The first kappa shape index (κ1) is 20.8. The second kappa shape index (κ2) is 8.62. The molecule has 0 aliphatic rings. The van der Waals surface area contributed by atoms with Gasteiger partial charge >= 0.3 is 11.9 Å². The van der Waals surface area contributed by atoms with E-state index in [1.807, 2.05) is 39.0 Å². The second-order valence-electron chi connectivity index (χ2n) is 6.27. The summed E-state index contributed by atoms with van der Waals surface area (Å²) in [5.74, 6) is -0.678. The van der Waals surface area contributed by atoms with Crippen LogP contribution in [0.15, 0.2) is 28.7 Å². The van der Waals surface area contributed by atoms with Crippen molar-refractivity contribution in [2.75, 3.05) is 12.4 Å². The third kappa shape index (κ3) is 4.10. The zero-order chi connectivity index (χ0) is 21.1. The molecule has 0 aliphatic carbocycles. The molecule has 3 aromatic rings. The molecular formula is C20H21N3O4S2. The smallest absolute Gasteiger partial charge is 0.341 e. The first-order valence-corrected chi connectivity index (χ1v) is 10.2. The van der Waals surface area contributed by atoms with E-state index in [2.05, 4.69) is 16.2 Å². The third-order valence-corrected chi connectivity index (χ3v) is 5.79. The summed E-state index contributed by atoms with van der Waals surface area (Å²) in [5, 5.41) is 4.55. The first-order chi connectivity index (χ1) is 13.9. The Labute approximate surface area is 177 Å². The Bertz CT molecular complexity index is 1100. The van der Waals surface area contributed by atoms with Crippen LogP contribution in [-0.2, 0) is 11.2 Å². The molecule has 0 saturated carbocycles. The van der Waals surface area contributed by atoms with E-state index in [1.165, 1.54) is 18.4 Å². The topological polar surface area (TPSA) is 92.6 Å². The molecule has 3 N–H and O–H groups in total. The molecular weight excluding hydrogens is 410 g/mol. The van der Waals surface area contributed by atoms with Crippen LogP contribution in [0.1, 0.15) is 43.8 Å². The average Bonchev–Trinajstić information content (AvgIpc) is 3.22. The molecule has 152 valence electrons. The number of aryl methyl sites for hydroxylation is 2. The summed E-state index contributed by atoms with van der Waals surface area (Å²) in [4.78, 5) is 25.7. The summed E-state index contributed by atoms with van der Waals surface area (Å²) < 4.78 is 10.5. The molecule has 2 aromatic heterocycles. The Morgan fingerprint density at radius 3 is 2.59 bits per heavy atom. The summed E-state index contributed by atoms with van der Waals surface area (Å²) in [7, 11) is 1.34. The van der Waals surface area contributed by atoms with Crippen molar-refractivity contribution in [2.24, 2.45) is 0 Å². The number of hydrogen-bond donors (Lipinski definition) is 3. The van der Waals surface area contributed by atoms with E-state index >= 15 is 0 Å². The number of thiocarbonyl (C=S) groups is 1. The van der Waals surface area contributed by atoms with Crippen LogP contribution in [-0.4, -0.2) is 24.1 Å². The second-order valence-corrected chi connectivity index (χ2v) is 7.90. The van der Waals surface area contributed by atoms with Crippen LogP contribution in [0.4, 0.5) is 5.00 Å². The molecule has 0 spiro atoms. The molecule has 2 heterocycles. The molecule has 0 atom stereocenters. The Morgan fingerprint density at radius 1 is 1.21 bits per heavy atom. The predicted octanol–water partition coefficient (Wildman–Crippen LogP) is 4.09. The molecule has 0 fully saturated rings. The number of hydrazine groups is 1. The van der Waals surface area contributed by atoms with Gasteiger partial charge in [0, 0.05) is 15.8 Å². The van der Waals surface area contributed by atoms with Crippen molar-refractivity contribution in [3.05, 3.63) is 51.6 Å². The molecule has 9 heteroatoms. The maximum Gasteiger partial charge on any atom is 0.341 e. The molecule has 1 aromatic carbocycles. The fourth-order valence-electron chi connectivity index (χ4n) is 3.11. The minimum atomic E-state index is -0.451. The van der Waals surface area contributed by atoms with Crippen molar-refractivity contribution in [3.63, 3.8) is 0 Å². The van der Waals surface area contributed by atoms with Crippen molar-refractivity contribution >= 4 is 56.5 Å². The van der Waals surface area contributed by atoms with Gasteiger partial charge in [0.15, 0.2) is 10.9 Å². The monoisotopic (exact) mass is 431 g/mol. The maximum atomic E-state index is 12.5. The molecule has 0 aliphatic heterocycles. The number of carbonyl (C=O) groups is 2. The number of para-hydroxylation sites is 1. The lowest BCUT2D eigenvalue weighted by atomic mass is 10.1. The Kier molecular flexibility index (Phi) is 6.19. The number of ether oxygens (including phenoxy) is 1. The number of rotatable bonds is 4. The molecule has 0 unspecified atom stereocenters. The van der Waals surface area contributed by atoms with Gasteiger partial charge in [-0.3, -0.25) is 15.6 Å². The van der Waals surface area contributed by atoms with Gasteiger partial charge in [-0.05, 0) is 44.1 Å². The summed E-state index contributed by atoms with van der Waals surface area (Å²) in [6.07, 6.45) is 0.691. The van der Waals surface area contributed by atoms with Gasteiger partial charge in [-0.15, -0.1) is 11.3 Å². The van der Waals surface area contributed by atoms with Crippen LogP contribution < -0.4 is 16.2 Å². The Morgan fingerprint density at radius 2 is 1.93 bits per heavy atom. The van der Waals surface area contributed by atoms with E-state index in [0.29, 0.717) is 22.6 Å². The zero-order valence-corrected chi connectivity index (χ0v) is 18.1. The molecule has 0 saturated heterocycles. The number of nitrogens with one attached hydrogen (secondary N) is 3.